The molecule has 0 bridgehead atoms. The highest BCUT2D eigenvalue weighted by molar-refractivity contribution is 6.05. The fourth-order valence-corrected chi connectivity index (χ4v) is 2.39. The van der Waals surface area contributed by atoms with E-state index in [1.165, 1.54) is 4.90 Å². The lowest BCUT2D eigenvalue weighted by molar-refractivity contribution is -0.131. The van der Waals surface area contributed by atoms with Crippen molar-refractivity contribution in [1.29, 1.82) is 0 Å². The van der Waals surface area contributed by atoms with E-state index >= 15 is 0 Å². The van der Waals surface area contributed by atoms with Gasteiger partial charge in [0.15, 0.2) is 5.78 Å². The number of hydrogen-bond acceptors (Lipinski definition) is 4. The van der Waals surface area contributed by atoms with Crippen LogP contribution >= 0.6 is 0 Å². The molecule has 0 aromatic heterocycles. The van der Waals surface area contributed by atoms with Gasteiger partial charge in [0.05, 0.1) is 6.54 Å². The summed E-state index contributed by atoms with van der Waals surface area (Å²) in [7, 11) is 0. The first kappa shape index (κ1) is 14.6. The summed E-state index contributed by atoms with van der Waals surface area (Å²) in [6, 6.07) is 9.52. The lowest BCUT2D eigenvalue weighted by Gasteiger charge is -2.15. The zero-order chi connectivity index (χ0) is 15.5. The summed E-state index contributed by atoms with van der Waals surface area (Å²) < 4.78 is 5.18. The highest BCUT2D eigenvalue weighted by atomic mass is 16.6. The van der Waals surface area contributed by atoms with E-state index in [0.717, 1.165) is 18.4 Å². The third-order valence-electron chi connectivity index (χ3n) is 3.84. The molecule has 0 radical (unpaired) electrons. The van der Waals surface area contributed by atoms with E-state index in [1.54, 1.807) is 0 Å². The van der Waals surface area contributed by atoms with Gasteiger partial charge in [-0.15, -0.1) is 0 Å². The largest absolute Gasteiger partial charge is 0.445 e. The predicted octanol–water partition coefficient (Wildman–Crippen LogP) is 1.10. The van der Waals surface area contributed by atoms with Gasteiger partial charge in [-0.05, 0) is 18.4 Å². The Bertz CT molecular complexity index is 583. The molecule has 1 heterocycles. The van der Waals surface area contributed by atoms with Gasteiger partial charge in [0.25, 0.3) is 0 Å². The van der Waals surface area contributed by atoms with Crippen LogP contribution in [0.3, 0.4) is 0 Å². The smallest absolute Gasteiger partial charge is 0.410 e. The minimum absolute atomic E-state index is 0.0592. The Balaban J connectivity index is 1.51. The molecule has 6 nitrogen and oxygen atoms in total. The second kappa shape index (κ2) is 6.17. The van der Waals surface area contributed by atoms with Crippen LogP contribution in [0.4, 0.5) is 4.79 Å². The predicted molar refractivity (Wildman–Crippen MR) is 77.9 cm³/mol. The minimum Gasteiger partial charge on any atom is -0.445 e. The van der Waals surface area contributed by atoms with Crippen LogP contribution in [0.5, 0.6) is 0 Å². The molecule has 1 aliphatic heterocycles. The van der Waals surface area contributed by atoms with Crippen LogP contribution in [0.2, 0.25) is 0 Å². The first-order chi connectivity index (χ1) is 10.6. The van der Waals surface area contributed by atoms with Crippen molar-refractivity contribution in [3.63, 3.8) is 0 Å². The first-order valence-corrected chi connectivity index (χ1v) is 7.42. The fraction of sp³-hybridized carbons (Fsp3) is 0.438. The maximum atomic E-state index is 12.0. The lowest BCUT2D eigenvalue weighted by atomic mass is 10.1. The zero-order valence-corrected chi connectivity index (χ0v) is 12.2. The van der Waals surface area contributed by atoms with Crippen LogP contribution in [-0.4, -0.2) is 41.8 Å². The minimum atomic E-state index is -0.759. The molecule has 1 saturated heterocycles. The van der Waals surface area contributed by atoms with Gasteiger partial charge in [0.1, 0.15) is 12.5 Å². The molecule has 1 aromatic carbocycles. The number of nitrogens with zero attached hydrogens (tertiary/aromatic N) is 1. The molecule has 0 spiro atoms. The SMILES string of the molecule is O=C1CN(C(=O)OCc2ccccc2)C[C@@H]1C(=O)NC1CC1. The molecule has 1 atom stereocenters. The van der Waals surface area contributed by atoms with Gasteiger partial charge in [-0.1, -0.05) is 30.3 Å². The topological polar surface area (TPSA) is 75.7 Å². The van der Waals surface area contributed by atoms with Gasteiger partial charge >= 0.3 is 6.09 Å². The number of ether oxygens (including phenoxy) is 1. The van der Waals surface area contributed by atoms with E-state index in [1.807, 2.05) is 30.3 Å². The van der Waals surface area contributed by atoms with E-state index in [9.17, 15) is 14.4 Å². The second-order valence-electron chi connectivity index (χ2n) is 5.72. The van der Waals surface area contributed by atoms with E-state index in [2.05, 4.69) is 5.32 Å². The number of Topliss-reactive ketones (excluding diaryl/α,β-unsaturated/α-hetero) is 1. The standard InChI is InChI=1S/C16H18N2O4/c19-14-9-18(8-13(14)15(20)17-12-6-7-12)16(21)22-10-11-4-2-1-3-5-11/h1-5,12-13H,6-10H2,(H,17,20)/t13-/m0/s1. The molecule has 2 aliphatic rings. The Morgan fingerprint density at radius 3 is 2.64 bits per heavy atom. The molecular weight excluding hydrogens is 284 g/mol. The normalized spacial score (nSPS) is 20.8. The Morgan fingerprint density at radius 2 is 1.95 bits per heavy atom. The van der Waals surface area contributed by atoms with Crippen LogP contribution in [-0.2, 0) is 20.9 Å². The molecule has 1 saturated carbocycles. The summed E-state index contributed by atoms with van der Waals surface area (Å²) in [6.45, 7) is 0.199. The lowest BCUT2D eigenvalue weighted by Crippen LogP contribution is -2.37. The van der Waals surface area contributed by atoms with Gasteiger partial charge in [-0.3, -0.25) is 14.5 Å². The summed E-state index contributed by atoms with van der Waals surface area (Å²) in [5.74, 6) is -1.26. The number of carbonyl (C=O) groups excluding carboxylic acids is 3. The van der Waals surface area contributed by atoms with Crippen molar-refractivity contribution in [1.82, 2.24) is 10.2 Å². The van der Waals surface area contributed by atoms with Crippen LogP contribution in [0, 0.1) is 5.92 Å². The highest BCUT2D eigenvalue weighted by Crippen LogP contribution is 2.21. The molecule has 0 unspecified atom stereocenters. The number of amides is 2. The van der Waals surface area contributed by atoms with Crippen molar-refractivity contribution in [2.24, 2.45) is 5.92 Å². The number of nitrogens with one attached hydrogen (secondary N) is 1. The van der Waals surface area contributed by atoms with E-state index in [4.69, 9.17) is 4.74 Å². The zero-order valence-electron chi connectivity index (χ0n) is 12.2. The molecule has 116 valence electrons. The first-order valence-electron chi connectivity index (χ1n) is 7.42. The monoisotopic (exact) mass is 302 g/mol. The van der Waals surface area contributed by atoms with Crippen molar-refractivity contribution >= 4 is 17.8 Å². The third-order valence-corrected chi connectivity index (χ3v) is 3.84. The summed E-state index contributed by atoms with van der Waals surface area (Å²) >= 11 is 0. The molecule has 1 aromatic rings. The second-order valence-corrected chi connectivity index (χ2v) is 5.72. The molecule has 2 fully saturated rings. The molecule has 3 rings (SSSR count). The van der Waals surface area contributed by atoms with Crippen molar-refractivity contribution < 1.29 is 19.1 Å². The van der Waals surface area contributed by atoms with Crippen molar-refractivity contribution in [3.05, 3.63) is 35.9 Å². The average Bonchev–Trinajstić information content (AvgIpc) is 3.25. The van der Waals surface area contributed by atoms with Gasteiger partial charge in [-0.25, -0.2) is 4.79 Å². The van der Waals surface area contributed by atoms with Crippen LogP contribution < -0.4 is 5.32 Å². The van der Waals surface area contributed by atoms with Crippen LogP contribution in [0.15, 0.2) is 30.3 Å². The molecule has 1 aliphatic carbocycles. The molecule has 6 heteroatoms. The van der Waals surface area contributed by atoms with Crippen molar-refractivity contribution in [3.8, 4) is 0 Å². The van der Waals surface area contributed by atoms with Crippen molar-refractivity contribution in [2.75, 3.05) is 13.1 Å². The van der Waals surface area contributed by atoms with Gasteiger partial charge in [0.2, 0.25) is 5.91 Å². The molecule has 2 amide bonds. The van der Waals surface area contributed by atoms with Crippen LogP contribution in [0.1, 0.15) is 18.4 Å². The summed E-state index contributed by atoms with van der Waals surface area (Å²) in [5, 5.41) is 2.80. The summed E-state index contributed by atoms with van der Waals surface area (Å²) in [6.07, 6.45) is 1.38. The molecule has 1 N–H and O–H groups in total. The van der Waals surface area contributed by atoms with E-state index in [0.29, 0.717) is 0 Å². The quantitative estimate of drug-likeness (QED) is 0.845. The maximum Gasteiger partial charge on any atom is 0.410 e. The van der Waals surface area contributed by atoms with Gasteiger partial charge in [-0.2, -0.15) is 0 Å². The Labute approximate surface area is 128 Å². The third kappa shape index (κ3) is 3.44. The molecule has 22 heavy (non-hydrogen) atoms. The Hall–Kier alpha value is -2.37. The maximum absolute atomic E-state index is 12.0. The Morgan fingerprint density at radius 1 is 1.23 bits per heavy atom. The average molecular weight is 302 g/mol. The van der Waals surface area contributed by atoms with Gasteiger partial charge in [0, 0.05) is 12.6 Å². The van der Waals surface area contributed by atoms with Crippen LogP contribution in [0.25, 0.3) is 0 Å². The number of hydrogen-bond donors (Lipinski definition) is 1. The van der Waals surface area contributed by atoms with E-state index < -0.39 is 12.0 Å². The Kier molecular flexibility index (Phi) is 4.09. The number of rotatable bonds is 4. The number of ketones is 1. The van der Waals surface area contributed by atoms with Gasteiger partial charge < -0.3 is 10.1 Å². The highest BCUT2D eigenvalue weighted by Gasteiger charge is 2.40. The van der Waals surface area contributed by atoms with E-state index in [-0.39, 0.29) is 37.4 Å². The van der Waals surface area contributed by atoms with Crippen molar-refractivity contribution in [2.45, 2.75) is 25.5 Å². The summed E-state index contributed by atoms with van der Waals surface area (Å²) in [4.78, 5) is 37.1. The summed E-state index contributed by atoms with van der Waals surface area (Å²) in [5.41, 5.74) is 0.879. The number of likely N-dealkylation sites (tertiary alicyclic amines) is 1. The fourth-order valence-electron chi connectivity index (χ4n) is 2.39. The number of benzene rings is 1. The number of carbonyl (C=O) groups is 3. The molecular formula is C16H18N2O4.